The number of para-hydroxylation sites is 1. The van der Waals surface area contributed by atoms with Crippen LogP contribution in [0.5, 0.6) is 11.5 Å². The SMILES string of the molecule is CCCCOc1ccc([C@H]2[C@H]3C(=O)N(c4cccc5ccccc45)C(=O)[C@H]3ON2c2ccccc2)cc1OC. The van der Waals surface area contributed by atoms with E-state index in [2.05, 4.69) is 6.92 Å². The highest BCUT2D eigenvalue weighted by atomic mass is 16.7. The lowest BCUT2D eigenvalue weighted by Crippen LogP contribution is -2.37. The molecule has 2 fully saturated rings. The fourth-order valence-electron chi connectivity index (χ4n) is 5.51. The topological polar surface area (TPSA) is 68.3 Å². The number of rotatable bonds is 8. The zero-order valence-corrected chi connectivity index (χ0v) is 21.9. The van der Waals surface area contributed by atoms with Crippen molar-refractivity contribution >= 4 is 34.0 Å². The summed E-state index contributed by atoms with van der Waals surface area (Å²) in [6.07, 6.45) is 1.01. The molecule has 0 aromatic heterocycles. The highest BCUT2D eigenvalue weighted by Crippen LogP contribution is 2.49. The number of imide groups is 1. The Hall–Kier alpha value is -4.36. The predicted molar refractivity (Wildman–Crippen MR) is 150 cm³/mol. The number of hydrogen-bond donors (Lipinski definition) is 0. The summed E-state index contributed by atoms with van der Waals surface area (Å²) in [6.45, 7) is 2.70. The van der Waals surface area contributed by atoms with Gasteiger partial charge >= 0.3 is 0 Å². The van der Waals surface area contributed by atoms with Gasteiger partial charge in [-0.2, -0.15) is 0 Å². The number of hydroxylamine groups is 1. The zero-order chi connectivity index (χ0) is 26.9. The summed E-state index contributed by atoms with van der Waals surface area (Å²) < 4.78 is 11.6. The first-order chi connectivity index (χ1) is 19.1. The number of fused-ring (bicyclic) bond motifs is 2. The summed E-state index contributed by atoms with van der Waals surface area (Å²) in [4.78, 5) is 35.6. The number of unbranched alkanes of at least 4 members (excludes halogenated alkanes) is 1. The summed E-state index contributed by atoms with van der Waals surface area (Å²) in [5, 5.41) is 3.49. The molecular weight excluding hydrogens is 492 g/mol. The van der Waals surface area contributed by atoms with Crippen LogP contribution < -0.4 is 19.4 Å². The lowest BCUT2D eigenvalue weighted by atomic mass is 9.90. The molecule has 2 amide bonds. The number of carbonyl (C=O) groups excluding carboxylic acids is 2. The summed E-state index contributed by atoms with van der Waals surface area (Å²) in [5.41, 5.74) is 2.13. The molecule has 2 aliphatic heterocycles. The van der Waals surface area contributed by atoms with Gasteiger partial charge in [-0.15, -0.1) is 0 Å². The summed E-state index contributed by atoms with van der Waals surface area (Å²) >= 11 is 0. The Kier molecular flexibility index (Phi) is 6.67. The minimum atomic E-state index is -0.951. The number of amides is 2. The normalized spacial score (nSPS) is 20.5. The van der Waals surface area contributed by atoms with E-state index in [1.807, 2.05) is 91.0 Å². The van der Waals surface area contributed by atoms with Crippen LogP contribution in [-0.2, 0) is 14.4 Å². The van der Waals surface area contributed by atoms with Crippen molar-refractivity contribution in [2.45, 2.75) is 31.9 Å². The van der Waals surface area contributed by atoms with E-state index < -0.39 is 18.1 Å². The number of anilines is 2. The molecule has 2 saturated heterocycles. The van der Waals surface area contributed by atoms with E-state index in [-0.39, 0.29) is 11.8 Å². The fraction of sp³-hybridized carbons (Fsp3) is 0.250. The molecule has 198 valence electrons. The van der Waals surface area contributed by atoms with Crippen molar-refractivity contribution < 1.29 is 23.9 Å². The third-order valence-corrected chi connectivity index (χ3v) is 7.42. The first-order valence-electron chi connectivity index (χ1n) is 13.3. The van der Waals surface area contributed by atoms with Gasteiger partial charge in [0.25, 0.3) is 5.91 Å². The van der Waals surface area contributed by atoms with Crippen LogP contribution in [0, 0.1) is 5.92 Å². The van der Waals surface area contributed by atoms with Crippen molar-refractivity contribution in [3.8, 4) is 11.5 Å². The van der Waals surface area contributed by atoms with Gasteiger partial charge in [0.15, 0.2) is 17.6 Å². The summed E-state index contributed by atoms with van der Waals surface area (Å²) in [7, 11) is 1.60. The van der Waals surface area contributed by atoms with Gasteiger partial charge in [-0.1, -0.05) is 74.0 Å². The third kappa shape index (κ3) is 4.29. The Bertz CT molecular complexity index is 1520. The molecule has 0 unspecified atom stereocenters. The Morgan fingerprint density at radius 2 is 1.62 bits per heavy atom. The average molecular weight is 523 g/mol. The zero-order valence-electron chi connectivity index (χ0n) is 21.9. The Morgan fingerprint density at radius 3 is 2.41 bits per heavy atom. The third-order valence-electron chi connectivity index (χ3n) is 7.42. The van der Waals surface area contributed by atoms with Crippen molar-refractivity contribution in [2.24, 2.45) is 5.92 Å². The molecule has 0 saturated carbocycles. The van der Waals surface area contributed by atoms with Gasteiger partial charge < -0.3 is 9.47 Å². The first-order valence-corrected chi connectivity index (χ1v) is 13.3. The molecule has 2 heterocycles. The molecule has 6 rings (SSSR count). The monoisotopic (exact) mass is 522 g/mol. The molecular formula is C32H30N2O5. The van der Waals surface area contributed by atoms with Crippen molar-refractivity contribution in [1.82, 2.24) is 0 Å². The maximum Gasteiger partial charge on any atom is 0.266 e. The van der Waals surface area contributed by atoms with Crippen LogP contribution in [-0.4, -0.2) is 31.6 Å². The van der Waals surface area contributed by atoms with Crippen molar-refractivity contribution in [2.75, 3.05) is 23.7 Å². The van der Waals surface area contributed by atoms with E-state index in [9.17, 15) is 9.59 Å². The van der Waals surface area contributed by atoms with E-state index in [4.69, 9.17) is 14.3 Å². The highest BCUT2D eigenvalue weighted by molar-refractivity contribution is 6.26. The molecule has 7 nitrogen and oxygen atoms in total. The van der Waals surface area contributed by atoms with Gasteiger partial charge in [0.2, 0.25) is 5.91 Å². The minimum Gasteiger partial charge on any atom is -0.493 e. The van der Waals surface area contributed by atoms with E-state index in [0.29, 0.717) is 23.8 Å². The van der Waals surface area contributed by atoms with Gasteiger partial charge in [0.05, 0.1) is 31.1 Å². The van der Waals surface area contributed by atoms with E-state index in [0.717, 1.165) is 34.9 Å². The Balaban J connectivity index is 1.42. The molecule has 0 aliphatic carbocycles. The first kappa shape index (κ1) is 24.9. The van der Waals surface area contributed by atoms with Crippen LogP contribution in [0.1, 0.15) is 31.4 Å². The second-order valence-electron chi connectivity index (χ2n) is 9.78. The minimum absolute atomic E-state index is 0.285. The maximum absolute atomic E-state index is 14.1. The molecule has 0 N–H and O–H groups in total. The van der Waals surface area contributed by atoms with E-state index in [1.165, 1.54) is 4.90 Å². The van der Waals surface area contributed by atoms with Gasteiger partial charge in [-0.05, 0) is 47.7 Å². The fourth-order valence-corrected chi connectivity index (χ4v) is 5.51. The number of benzene rings is 4. The molecule has 7 heteroatoms. The van der Waals surface area contributed by atoms with E-state index >= 15 is 0 Å². The van der Waals surface area contributed by atoms with Crippen LogP contribution in [0.25, 0.3) is 10.8 Å². The largest absolute Gasteiger partial charge is 0.493 e. The summed E-state index contributed by atoms with van der Waals surface area (Å²) in [6, 6.07) is 28.1. The molecule has 4 aromatic rings. The Labute approximate surface area is 227 Å². The maximum atomic E-state index is 14.1. The number of carbonyl (C=O) groups is 2. The molecule has 0 radical (unpaired) electrons. The number of ether oxygens (including phenoxy) is 2. The number of methoxy groups -OCH3 is 1. The second kappa shape index (κ2) is 10.4. The van der Waals surface area contributed by atoms with Crippen LogP contribution in [0.3, 0.4) is 0 Å². The molecule has 4 aromatic carbocycles. The average Bonchev–Trinajstić information content (AvgIpc) is 3.49. The number of hydrogen-bond acceptors (Lipinski definition) is 6. The van der Waals surface area contributed by atoms with Gasteiger partial charge in [-0.25, -0.2) is 9.96 Å². The highest BCUT2D eigenvalue weighted by Gasteiger charge is 2.60. The van der Waals surface area contributed by atoms with E-state index in [1.54, 1.807) is 12.2 Å². The Morgan fingerprint density at radius 1 is 0.846 bits per heavy atom. The standard InChI is InChI=1S/C32H30N2O5/c1-3-4-19-38-26-18-17-22(20-27(26)37-2)29-28-30(39-34(29)23-13-6-5-7-14-23)32(36)33(31(28)35)25-16-10-12-21-11-8-9-15-24(21)25/h5-18,20,28-30H,3-4,19H2,1-2H3/t28-,29+,30+/m1/s1. The molecule has 2 aliphatic rings. The molecule has 0 bridgehead atoms. The van der Waals surface area contributed by atoms with Crippen LogP contribution >= 0.6 is 0 Å². The number of nitrogens with zero attached hydrogens (tertiary/aromatic N) is 2. The summed E-state index contributed by atoms with van der Waals surface area (Å²) in [5.74, 6) is -0.179. The second-order valence-corrected chi connectivity index (χ2v) is 9.78. The lowest BCUT2D eigenvalue weighted by molar-refractivity contribution is -0.126. The van der Waals surface area contributed by atoms with Crippen LogP contribution in [0.4, 0.5) is 11.4 Å². The van der Waals surface area contributed by atoms with Gasteiger partial charge in [-0.3, -0.25) is 14.4 Å². The quantitative estimate of drug-likeness (QED) is 0.206. The lowest BCUT2D eigenvalue weighted by Gasteiger charge is -2.29. The molecule has 0 spiro atoms. The molecule has 39 heavy (non-hydrogen) atoms. The predicted octanol–water partition coefficient (Wildman–Crippen LogP) is 6.08. The van der Waals surface area contributed by atoms with Gasteiger partial charge in [0, 0.05) is 5.39 Å². The van der Waals surface area contributed by atoms with Crippen LogP contribution in [0.15, 0.2) is 91.0 Å². The molecule has 3 atom stereocenters. The van der Waals surface area contributed by atoms with Crippen molar-refractivity contribution in [3.63, 3.8) is 0 Å². The van der Waals surface area contributed by atoms with Crippen molar-refractivity contribution in [1.29, 1.82) is 0 Å². The smallest absolute Gasteiger partial charge is 0.266 e. The van der Waals surface area contributed by atoms with Gasteiger partial charge in [0.1, 0.15) is 5.92 Å². The van der Waals surface area contributed by atoms with Crippen LogP contribution in [0.2, 0.25) is 0 Å². The van der Waals surface area contributed by atoms with Crippen molar-refractivity contribution in [3.05, 3.63) is 96.6 Å².